The first-order valence-corrected chi connectivity index (χ1v) is 4.75. The lowest BCUT2D eigenvalue weighted by molar-refractivity contribution is -0.117. The molecule has 0 unspecified atom stereocenters. The van der Waals surface area contributed by atoms with E-state index in [0.29, 0.717) is 6.42 Å². The Labute approximate surface area is 80.0 Å². The molecule has 0 aromatic rings. The van der Waals surface area contributed by atoms with Crippen LogP contribution in [-0.2, 0) is 9.53 Å². The molecule has 13 heavy (non-hydrogen) atoms. The van der Waals surface area contributed by atoms with Crippen molar-refractivity contribution in [2.75, 3.05) is 13.7 Å². The van der Waals surface area contributed by atoms with E-state index in [2.05, 4.69) is 13.8 Å². The van der Waals surface area contributed by atoms with Gasteiger partial charge in [0.2, 0.25) is 0 Å². The molecule has 1 aliphatic carbocycles. The zero-order valence-electron chi connectivity index (χ0n) is 8.72. The SMILES string of the molecule is COCCC1=CC(=O)CC(C)(C)C1. The summed E-state index contributed by atoms with van der Waals surface area (Å²) in [7, 11) is 1.69. The number of ether oxygens (including phenoxy) is 1. The van der Waals surface area contributed by atoms with E-state index in [4.69, 9.17) is 4.74 Å². The smallest absolute Gasteiger partial charge is 0.156 e. The van der Waals surface area contributed by atoms with Gasteiger partial charge in [-0.2, -0.15) is 0 Å². The second-order valence-corrected chi connectivity index (χ2v) is 4.53. The molecule has 0 aromatic carbocycles. The summed E-state index contributed by atoms with van der Waals surface area (Å²) in [5.74, 6) is 0.266. The third kappa shape index (κ3) is 3.31. The first-order valence-electron chi connectivity index (χ1n) is 4.75. The number of rotatable bonds is 3. The average molecular weight is 182 g/mol. The summed E-state index contributed by atoms with van der Waals surface area (Å²) in [6, 6.07) is 0. The zero-order chi connectivity index (χ0) is 9.90. The first kappa shape index (κ1) is 10.5. The summed E-state index contributed by atoms with van der Waals surface area (Å²) in [6.07, 6.45) is 4.40. The average Bonchev–Trinajstić information content (AvgIpc) is 1.97. The summed E-state index contributed by atoms with van der Waals surface area (Å²) in [6.45, 7) is 5.00. The van der Waals surface area contributed by atoms with Crippen molar-refractivity contribution in [1.82, 2.24) is 0 Å². The second kappa shape index (κ2) is 4.05. The maximum atomic E-state index is 11.3. The normalized spacial score (nSPS) is 21.5. The predicted octanol–water partition coefficient (Wildman–Crippen LogP) is 2.34. The molecule has 2 nitrogen and oxygen atoms in total. The maximum absolute atomic E-state index is 11.3. The molecule has 0 heterocycles. The summed E-state index contributed by atoms with van der Waals surface area (Å²) in [5, 5.41) is 0. The Morgan fingerprint density at radius 3 is 2.69 bits per heavy atom. The van der Waals surface area contributed by atoms with Crippen LogP contribution in [0, 0.1) is 5.41 Å². The van der Waals surface area contributed by atoms with Crippen LogP contribution in [0.4, 0.5) is 0 Å². The van der Waals surface area contributed by atoms with Crippen LogP contribution in [-0.4, -0.2) is 19.5 Å². The van der Waals surface area contributed by atoms with E-state index >= 15 is 0 Å². The third-order valence-corrected chi connectivity index (χ3v) is 2.35. The lowest BCUT2D eigenvalue weighted by Gasteiger charge is -2.28. The highest BCUT2D eigenvalue weighted by Gasteiger charge is 2.26. The number of allylic oxidation sites excluding steroid dienone is 1. The molecule has 1 aliphatic rings. The summed E-state index contributed by atoms with van der Waals surface area (Å²) >= 11 is 0. The Bertz CT molecular complexity index is 226. The largest absolute Gasteiger partial charge is 0.384 e. The Hall–Kier alpha value is -0.630. The minimum absolute atomic E-state index is 0.148. The van der Waals surface area contributed by atoms with Crippen LogP contribution >= 0.6 is 0 Å². The fourth-order valence-electron chi connectivity index (χ4n) is 1.87. The number of ketones is 1. The van der Waals surface area contributed by atoms with Gasteiger partial charge in [-0.3, -0.25) is 4.79 Å². The van der Waals surface area contributed by atoms with Crippen molar-refractivity contribution in [3.63, 3.8) is 0 Å². The number of hydrogen-bond acceptors (Lipinski definition) is 2. The first-order chi connectivity index (χ1) is 6.03. The molecule has 1 rings (SSSR count). The second-order valence-electron chi connectivity index (χ2n) is 4.53. The van der Waals surface area contributed by atoms with Gasteiger partial charge in [0.05, 0.1) is 0 Å². The molecule has 74 valence electrons. The van der Waals surface area contributed by atoms with Crippen molar-refractivity contribution < 1.29 is 9.53 Å². The molecule has 0 aliphatic heterocycles. The van der Waals surface area contributed by atoms with Crippen LogP contribution in [0.25, 0.3) is 0 Å². The van der Waals surface area contributed by atoms with Crippen LogP contribution in [0.2, 0.25) is 0 Å². The van der Waals surface area contributed by atoms with Crippen molar-refractivity contribution in [1.29, 1.82) is 0 Å². The maximum Gasteiger partial charge on any atom is 0.156 e. The Morgan fingerprint density at radius 1 is 1.46 bits per heavy atom. The van der Waals surface area contributed by atoms with Crippen LogP contribution in [0.3, 0.4) is 0 Å². The van der Waals surface area contributed by atoms with Gasteiger partial charge in [-0.05, 0) is 24.3 Å². The van der Waals surface area contributed by atoms with Crippen molar-refractivity contribution in [3.8, 4) is 0 Å². The minimum atomic E-state index is 0.148. The molecule has 0 radical (unpaired) electrons. The van der Waals surface area contributed by atoms with E-state index in [0.717, 1.165) is 19.4 Å². The lowest BCUT2D eigenvalue weighted by Crippen LogP contribution is -2.22. The van der Waals surface area contributed by atoms with Gasteiger partial charge < -0.3 is 4.74 Å². The molecule has 0 saturated heterocycles. The summed E-state index contributed by atoms with van der Waals surface area (Å²) < 4.78 is 5.00. The molecule has 0 bridgehead atoms. The highest BCUT2D eigenvalue weighted by atomic mass is 16.5. The van der Waals surface area contributed by atoms with Crippen LogP contribution in [0.15, 0.2) is 11.6 Å². The fourth-order valence-corrected chi connectivity index (χ4v) is 1.87. The number of carbonyl (C=O) groups is 1. The number of methoxy groups -OCH3 is 1. The Balaban J connectivity index is 2.59. The van der Waals surface area contributed by atoms with E-state index in [9.17, 15) is 4.79 Å². The molecule has 0 N–H and O–H groups in total. The van der Waals surface area contributed by atoms with Gasteiger partial charge in [-0.1, -0.05) is 19.4 Å². The van der Waals surface area contributed by atoms with Gasteiger partial charge in [0.1, 0.15) is 0 Å². The van der Waals surface area contributed by atoms with Gasteiger partial charge in [0, 0.05) is 20.1 Å². The van der Waals surface area contributed by atoms with Crippen LogP contribution < -0.4 is 0 Å². The molecule has 0 amide bonds. The standard InChI is InChI=1S/C11H18O2/c1-11(2)7-9(4-5-13-3)6-10(12)8-11/h6H,4-5,7-8H2,1-3H3. The van der Waals surface area contributed by atoms with Gasteiger partial charge in [0.25, 0.3) is 0 Å². The molecular weight excluding hydrogens is 164 g/mol. The van der Waals surface area contributed by atoms with Gasteiger partial charge in [0.15, 0.2) is 5.78 Å². The zero-order valence-corrected chi connectivity index (χ0v) is 8.72. The topological polar surface area (TPSA) is 26.3 Å². The summed E-state index contributed by atoms with van der Waals surface area (Å²) in [4.78, 5) is 11.3. The molecule has 0 spiro atoms. The van der Waals surface area contributed by atoms with Crippen LogP contribution in [0.1, 0.15) is 33.1 Å². The molecule has 0 saturated carbocycles. The van der Waals surface area contributed by atoms with Gasteiger partial charge in [-0.15, -0.1) is 0 Å². The highest BCUT2D eigenvalue weighted by Crippen LogP contribution is 2.34. The third-order valence-electron chi connectivity index (χ3n) is 2.35. The van der Waals surface area contributed by atoms with Crippen molar-refractivity contribution in [2.45, 2.75) is 33.1 Å². The molecule has 0 fully saturated rings. The summed E-state index contributed by atoms with van der Waals surface area (Å²) in [5.41, 5.74) is 1.39. The van der Waals surface area contributed by atoms with Crippen molar-refractivity contribution >= 4 is 5.78 Å². The monoisotopic (exact) mass is 182 g/mol. The predicted molar refractivity (Wildman–Crippen MR) is 52.6 cm³/mol. The van der Waals surface area contributed by atoms with Gasteiger partial charge in [-0.25, -0.2) is 0 Å². The molecule has 0 aromatic heterocycles. The van der Waals surface area contributed by atoms with Gasteiger partial charge >= 0.3 is 0 Å². The van der Waals surface area contributed by atoms with Crippen LogP contribution in [0.5, 0.6) is 0 Å². The molecule has 0 atom stereocenters. The lowest BCUT2D eigenvalue weighted by atomic mass is 9.76. The van der Waals surface area contributed by atoms with E-state index in [1.165, 1.54) is 5.57 Å². The highest BCUT2D eigenvalue weighted by molar-refractivity contribution is 5.91. The molecular formula is C11H18O2. The molecule has 2 heteroatoms. The Kier molecular flexibility index (Phi) is 3.26. The van der Waals surface area contributed by atoms with Crippen molar-refractivity contribution in [3.05, 3.63) is 11.6 Å². The fraction of sp³-hybridized carbons (Fsp3) is 0.727. The van der Waals surface area contributed by atoms with E-state index < -0.39 is 0 Å². The Morgan fingerprint density at radius 2 is 2.15 bits per heavy atom. The van der Waals surface area contributed by atoms with E-state index in [1.807, 2.05) is 0 Å². The number of hydrogen-bond donors (Lipinski definition) is 0. The quantitative estimate of drug-likeness (QED) is 0.669. The number of carbonyl (C=O) groups excluding carboxylic acids is 1. The minimum Gasteiger partial charge on any atom is -0.384 e. The van der Waals surface area contributed by atoms with Crippen molar-refractivity contribution in [2.24, 2.45) is 5.41 Å². The van der Waals surface area contributed by atoms with E-state index in [1.54, 1.807) is 13.2 Å². The van der Waals surface area contributed by atoms with E-state index in [-0.39, 0.29) is 11.2 Å².